The highest BCUT2D eigenvalue weighted by Crippen LogP contribution is 2.33. The SMILES string of the molecule is CCOc1ccc([C@H](NS(=O)(=O)c2ccc(OC)cc2)C(C)C)cc1OCC. The van der Waals surface area contributed by atoms with Crippen molar-refractivity contribution < 1.29 is 22.6 Å². The van der Waals surface area contributed by atoms with Crippen molar-refractivity contribution in [3.8, 4) is 17.2 Å². The molecular weight excluding hydrogens is 378 g/mol. The molecule has 0 aromatic heterocycles. The largest absolute Gasteiger partial charge is 0.497 e. The third-order valence-electron chi connectivity index (χ3n) is 4.25. The molecule has 0 heterocycles. The standard InChI is InChI=1S/C21H29NO5S/c1-6-26-19-13-8-16(14-20(19)27-7-2)21(15(3)4)22-28(23,24)18-11-9-17(25-5)10-12-18/h8-15,21-22H,6-7H2,1-5H3/t21-/m1/s1. The van der Waals surface area contributed by atoms with Crippen LogP contribution in [0, 0.1) is 5.92 Å². The summed E-state index contributed by atoms with van der Waals surface area (Å²) in [5.74, 6) is 1.89. The van der Waals surface area contributed by atoms with Crippen LogP contribution in [0.4, 0.5) is 0 Å². The first-order valence-electron chi connectivity index (χ1n) is 9.38. The summed E-state index contributed by atoms with van der Waals surface area (Å²) in [4.78, 5) is 0.190. The second-order valence-corrected chi connectivity index (χ2v) is 8.30. The van der Waals surface area contributed by atoms with Gasteiger partial charge in [0, 0.05) is 6.04 Å². The van der Waals surface area contributed by atoms with E-state index < -0.39 is 16.1 Å². The van der Waals surface area contributed by atoms with Crippen molar-refractivity contribution in [3.05, 3.63) is 48.0 Å². The zero-order chi connectivity index (χ0) is 20.7. The summed E-state index contributed by atoms with van der Waals surface area (Å²) in [6.45, 7) is 8.76. The van der Waals surface area contributed by atoms with Crippen LogP contribution in [-0.4, -0.2) is 28.7 Å². The lowest BCUT2D eigenvalue weighted by atomic mass is 9.97. The summed E-state index contributed by atoms with van der Waals surface area (Å²) >= 11 is 0. The predicted octanol–water partition coefficient (Wildman–Crippen LogP) is 4.17. The number of hydrogen-bond acceptors (Lipinski definition) is 5. The van der Waals surface area contributed by atoms with Crippen LogP contribution in [0.3, 0.4) is 0 Å². The zero-order valence-corrected chi connectivity index (χ0v) is 17.9. The number of sulfonamides is 1. The Labute approximate surface area is 167 Å². The van der Waals surface area contributed by atoms with Gasteiger partial charge in [0.2, 0.25) is 10.0 Å². The normalized spacial score (nSPS) is 12.6. The molecule has 0 saturated heterocycles. The molecule has 7 heteroatoms. The Hall–Kier alpha value is -2.25. The summed E-state index contributed by atoms with van der Waals surface area (Å²) in [7, 11) is -2.16. The lowest BCUT2D eigenvalue weighted by Gasteiger charge is -2.24. The Kier molecular flexibility index (Phi) is 7.71. The van der Waals surface area contributed by atoms with Gasteiger partial charge >= 0.3 is 0 Å². The molecule has 0 fully saturated rings. The minimum atomic E-state index is -3.70. The van der Waals surface area contributed by atoms with Crippen molar-refractivity contribution in [1.82, 2.24) is 4.72 Å². The highest BCUT2D eigenvalue weighted by Gasteiger charge is 2.25. The zero-order valence-electron chi connectivity index (χ0n) is 17.1. The molecule has 0 aliphatic rings. The van der Waals surface area contributed by atoms with Crippen molar-refractivity contribution in [3.63, 3.8) is 0 Å². The van der Waals surface area contributed by atoms with Crippen LogP contribution in [0.15, 0.2) is 47.4 Å². The van der Waals surface area contributed by atoms with E-state index in [9.17, 15) is 8.42 Å². The van der Waals surface area contributed by atoms with Gasteiger partial charge in [0.05, 0.1) is 25.2 Å². The maximum atomic E-state index is 12.9. The predicted molar refractivity (Wildman–Crippen MR) is 110 cm³/mol. The molecule has 2 aromatic carbocycles. The van der Waals surface area contributed by atoms with Crippen molar-refractivity contribution in [2.75, 3.05) is 20.3 Å². The molecule has 0 saturated carbocycles. The fourth-order valence-electron chi connectivity index (χ4n) is 2.84. The van der Waals surface area contributed by atoms with Crippen molar-refractivity contribution in [1.29, 1.82) is 0 Å². The van der Waals surface area contributed by atoms with Crippen LogP contribution in [-0.2, 0) is 10.0 Å². The number of rotatable bonds is 10. The summed E-state index contributed by atoms with van der Waals surface area (Å²) in [6, 6.07) is 11.4. The molecule has 0 spiro atoms. The molecule has 2 aromatic rings. The Balaban J connectivity index is 2.35. The van der Waals surface area contributed by atoms with Crippen LogP contribution >= 0.6 is 0 Å². The quantitative estimate of drug-likeness (QED) is 0.640. The first kappa shape index (κ1) is 22.0. The fraction of sp³-hybridized carbons (Fsp3) is 0.429. The lowest BCUT2D eigenvalue weighted by Crippen LogP contribution is -2.31. The molecule has 0 radical (unpaired) electrons. The van der Waals surface area contributed by atoms with Crippen molar-refractivity contribution in [2.45, 2.75) is 38.6 Å². The Morgan fingerprint density at radius 3 is 2.07 bits per heavy atom. The summed E-state index contributed by atoms with van der Waals surface area (Å²) in [5.41, 5.74) is 0.819. The van der Waals surface area contributed by atoms with Crippen LogP contribution in [0.5, 0.6) is 17.2 Å². The fourth-order valence-corrected chi connectivity index (χ4v) is 4.21. The first-order valence-corrected chi connectivity index (χ1v) is 10.9. The lowest BCUT2D eigenvalue weighted by molar-refractivity contribution is 0.287. The molecule has 0 bridgehead atoms. The van der Waals surface area contributed by atoms with Gasteiger partial charge in [-0.2, -0.15) is 0 Å². The molecule has 0 amide bonds. The number of ether oxygens (including phenoxy) is 3. The van der Waals surface area contributed by atoms with E-state index in [0.29, 0.717) is 30.5 Å². The van der Waals surface area contributed by atoms with E-state index in [4.69, 9.17) is 14.2 Å². The van der Waals surface area contributed by atoms with Gasteiger partial charge in [-0.05, 0) is 61.7 Å². The molecular formula is C21H29NO5S. The smallest absolute Gasteiger partial charge is 0.241 e. The molecule has 1 atom stereocenters. The van der Waals surface area contributed by atoms with Gasteiger partial charge in [-0.3, -0.25) is 0 Å². The van der Waals surface area contributed by atoms with E-state index >= 15 is 0 Å². The number of nitrogens with one attached hydrogen (secondary N) is 1. The number of benzene rings is 2. The molecule has 0 aliphatic carbocycles. The maximum absolute atomic E-state index is 12.9. The van der Waals surface area contributed by atoms with E-state index in [-0.39, 0.29) is 10.8 Å². The van der Waals surface area contributed by atoms with E-state index in [1.807, 2.05) is 45.9 Å². The van der Waals surface area contributed by atoms with Gasteiger partial charge in [0.15, 0.2) is 11.5 Å². The number of hydrogen-bond donors (Lipinski definition) is 1. The van der Waals surface area contributed by atoms with E-state index in [2.05, 4.69) is 4.72 Å². The molecule has 2 rings (SSSR count). The molecule has 6 nitrogen and oxygen atoms in total. The topological polar surface area (TPSA) is 73.9 Å². The minimum absolute atomic E-state index is 0.0282. The summed E-state index contributed by atoms with van der Waals surface area (Å²) in [6.07, 6.45) is 0. The Bertz CT molecular complexity index is 863. The molecule has 154 valence electrons. The van der Waals surface area contributed by atoms with Gasteiger partial charge in [-0.25, -0.2) is 13.1 Å². The van der Waals surface area contributed by atoms with Gasteiger partial charge in [-0.15, -0.1) is 0 Å². The highest BCUT2D eigenvalue weighted by molar-refractivity contribution is 7.89. The second kappa shape index (κ2) is 9.80. The molecule has 0 unspecified atom stereocenters. The van der Waals surface area contributed by atoms with E-state index in [0.717, 1.165) is 5.56 Å². The average Bonchev–Trinajstić information content (AvgIpc) is 2.68. The molecule has 1 N–H and O–H groups in total. The van der Waals surface area contributed by atoms with Crippen molar-refractivity contribution >= 4 is 10.0 Å². The van der Waals surface area contributed by atoms with Gasteiger partial charge in [0.25, 0.3) is 0 Å². The molecule has 0 aliphatic heterocycles. The summed E-state index contributed by atoms with van der Waals surface area (Å²) < 4.78 is 45.0. The van der Waals surface area contributed by atoms with Crippen LogP contribution < -0.4 is 18.9 Å². The first-order chi connectivity index (χ1) is 13.3. The average molecular weight is 408 g/mol. The van der Waals surface area contributed by atoms with Crippen molar-refractivity contribution in [2.24, 2.45) is 5.92 Å². The third-order valence-corrected chi connectivity index (χ3v) is 5.70. The van der Waals surface area contributed by atoms with E-state index in [1.54, 1.807) is 19.2 Å². The van der Waals surface area contributed by atoms with E-state index in [1.165, 1.54) is 12.1 Å². The minimum Gasteiger partial charge on any atom is -0.497 e. The Morgan fingerprint density at radius 1 is 0.929 bits per heavy atom. The van der Waals surface area contributed by atoms with Crippen LogP contribution in [0.2, 0.25) is 0 Å². The third kappa shape index (κ3) is 5.39. The van der Waals surface area contributed by atoms with Crippen LogP contribution in [0.25, 0.3) is 0 Å². The van der Waals surface area contributed by atoms with Gasteiger partial charge in [0.1, 0.15) is 5.75 Å². The summed E-state index contributed by atoms with van der Waals surface area (Å²) in [5, 5.41) is 0. The van der Waals surface area contributed by atoms with Crippen LogP contribution in [0.1, 0.15) is 39.3 Å². The second-order valence-electron chi connectivity index (χ2n) is 6.59. The number of methoxy groups -OCH3 is 1. The monoisotopic (exact) mass is 407 g/mol. The van der Waals surface area contributed by atoms with Gasteiger partial charge in [-0.1, -0.05) is 19.9 Å². The Morgan fingerprint density at radius 2 is 1.54 bits per heavy atom. The highest BCUT2D eigenvalue weighted by atomic mass is 32.2. The maximum Gasteiger partial charge on any atom is 0.241 e. The molecule has 28 heavy (non-hydrogen) atoms. The van der Waals surface area contributed by atoms with Gasteiger partial charge < -0.3 is 14.2 Å².